The molecule has 1 aliphatic carbocycles. The van der Waals surface area contributed by atoms with Gasteiger partial charge in [0.15, 0.2) is 17.8 Å². The van der Waals surface area contributed by atoms with Gasteiger partial charge in [-0.1, -0.05) is 18.2 Å². The lowest BCUT2D eigenvalue weighted by molar-refractivity contribution is -0.919. The number of likely N-dealkylation sites (N-methyl/N-ethyl adjacent to an activating group) is 1. The minimum absolute atomic E-state index is 0.00839. The Labute approximate surface area is 213 Å². The summed E-state index contributed by atoms with van der Waals surface area (Å²) in [5, 5.41) is 21.5. The fraction of sp³-hybridized carbons (Fsp3) is 0.667. The van der Waals surface area contributed by atoms with E-state index < -0.39 is 6.23 Å². The number of rotatable bonds is 13. The fourth-order valence-electron chi connectivity index (χ4n) is 5.18. The monoisotopic (exact) mass is 502 g/mol. The van der Waals surface area contributed by atoms with E-state index in [0.29, 0.717) is 42.1 Å². The van der Waals surface area contributed by atoms with Crippen LogP contribution in [0, 0.1) is 11.7 Å². The number of nitrogens with one attached hydrogen (secondary N) is 1. The third-order valence-corrected chi connectivity index (χ3v) is 7.84. The van der Waals surface area contributed by atoms with Gasteiger partial charge in [0.2, 0.25) is 5.91 Å². The second-order valence-electron chi connectivity index (χ2n) is 11.0. The number of ether oxygens (including phenoxy) is 1. The lowest BCUT2D eigenvalue weighted by atomic mass is 9.96. The summed E-state index contributed by atoms with van der Waals surface area (Å²) in [5.74, 6) is 0.728. The second kappa shape index (κ2) is 11.7. The maximum atomic E-state index is 14.3. The quantitative estimate of drug-likeness (QED) is 0.324. The van der Waals surface area contributed by atoms with Crippen LogP contribution in [0.3, 0.4) is 0 Å². The zero-order chi connectivity index (χ0) is 25.7. The Kier molecular flexibility index (Phi) is 8.62. The number of hydrogen-bond acceptors (Lipinski definition) is 5. The van der Waals surface area contributed by atoms with Gasteiger partial charge in [-0.25, -0.2) is 9.07 Å². The number of nitrogens with zero attached hydrogens (tertiary/aromatic N) is 4. The number of benzene rings is 1. The Balaban J connectivity index is 1.30. The average Bonchev–Trinajstić information content (AvgIpc) is 3.57. The van der Waals surface area contributed by atoms with Gasteiger partial charge in [0.1, 0.15) is 6.04 Å². The van der Waals surface area contributed by atoms with Crippen LogP contribution < -0.4 is 10.1 Å². The van der Waals surface area contributed by atoms with E-state index in [4.69, 9.17) is 4.74 Å². The molecule has 2 aliphatic rings. The lowest BCUT2D eigenvalue weighted by Gasteiger charge is -2.42. The molecule has 2 N–H and O–H groups in total. The Morgan fingerprint density at radius 1 is 1.28 bits per heavy atom. The van der Waals surface area contributed by atoms with Crippen molar-refractivity contribution in [2.24, 2.45) is 5.92 Å². The maximum Gasteiger partial charge on any atom is 0.222 e. The van der Waals surface area contributed by atoms with Crippen molar-refractivity contribution in [3.63, 3.8) is 0 Å². The number of amides is 1. The first-order valence-corrected chi connectivity index (χ1v) is 13.4. The smallest absolute Gasteiger partial charge is 0.222 e. The molecule has 3 unspecified atom stereocenters. The van der Waals surface area contributed by atoms with Crippen molar-refractivity contribution in [1.29, 1.82) is 0 Å². The predicted molar refractivity (Wildman–Crippen MR) is 135 cm³/mol. The van der Waals surface area contributed by atoms with Gasteiger partial charge in [-0.3, -0.25) is 4.79 Å². The summed E-state index contributed by atoms with van der Waals surface area (Å²) in [7, 11) is 4.24. The molecule has 0 radical (unpaired) electrons. The zero-order valence-corrected chi connectivity index (χ0v) is 21.8. The predicted octanol–water partition coefficient (Wildman–Crippen LogP) is 3.40. The van der Waals surface area contributed by atoms with Crippen molar-refractivity contribution in [2.75, 3.05) is 27.2 Å². The standard InChI is InChI=1S/C27H40FN5O3/c1-4-20(21-10-11-23(28)25(15-21)36-18-19-8-9-19)17-32-22(16-29-31-32)7-5-6-14-33(2,3)24-12-13-26(34)30-27(24)35/h10-11,15-16,19-20,24,27,35H,4-9,12-14,17-18H2,1-3H3/p+1. The highest BCUT2D eigenvalue weighted by atomic mass is 19.1. The molecule has 1 saturated heterocycles. The summed E-state index contributed by atoms with van der Waals surface area (Å²) in [5.41, 5.74) is 2.15. The highest BCUT2D eigenvalue weighted by Gasteiger charge is 2.38. The number of hydrogen-bond donors (Lipinski definition) is 2. The van der Waals surface area contributed by atoms with Crippen molar-refractivity contribution in [3.8, 4) is 5.75 Å². The van der Waals surface area contributed by atoms with Crippen LogP contribution in [-0.2, 0) is 17.8 Å². The van der Waals surface area contributed by atoms with Gasteiger partial charge >= 0.3 is 0 Å². The van der Waals surface area contributed by atoms with Crippen LogP contribution in [0.25, 0.3) is 0 Å². The molecule has 2 heterocycles. The van der Waals surface area contributed by atoms with E-state index in [0.717, 1.165) is 43.5 Å². The summed E-state index contributed by atoms with van der Waals surface area (Å²) in [4.78, 5) is 11.5. The van der Waals surface area contributed by atoms with Crippen LogP contribution in [0.5, 0.6) is 5.75 Å². The van der Waals surface area contributed by atoms with Crippen LogP contribution >= 0.6 is 0 Å². The Morgan fingerprint density at radius 2 is 2.08 bits per heavy atom. The number of carbonyl (C=O) groups is 1. The second-order valence-corrected chi connectivity index (χ2v) is 11.0. The SMILES string of the molecule is CCC(Cn1nncc1CCCC[N+](C)(C)C1CCC(=O)NC1O)c1ccc(F)c(OCC2CC2)c1. The Bertz CT molecular complexity index is 1020. The molecular formula is C27H41FN5O3+. The summed E-state index contributed by atoms with van der Waals surface area (Å²) >= 11 is 0. The van der Waals surface area contributed by atoms with E-state index in [1.165, 1.54) is 18.9 Å². The topological polar surface area (TPSA) is 89.3 Å². The number of carbonyl (C=O) groups excluding carboxylic acids is 1. The molecule has 1 aromatic heterocycles. The molecule has 198 valence electrons. The molecule has 2 fully saturated rings. The summed E-state index contributed by atoms with van der Waals surface area (Å²) in [6.07, 6.45) is 8.30. The third kappa shape index (κ3) is 6.82. The van der Waals surface area contributed by atoms with Gasteiger partial charge < -0.3 is 19.6 Å². The number of quaternary nitrogens is 1. The first-order valence-electron chi connectivity index (χ1n) is 13.4. The van der Waals surface area contributed by atoms with Gasteiger partial charge in [-0.15, -0.1) is 5.10 Å². The van der Waals surface area contributed by atoms with Gasteiger partial charge in [0.25, 0.3) is 0 Å². The van der Waals surface area contributed by atoms with E-state index in [2.05, 4.69) is 36.6 Å². The minimum atomic E-state index is -0.788. The molecule has 0 spiro atoms. The van der Waals surface area contributed by atoms with Crippen molar-refractivity contribution in [1.82, 2.24) is 20.3 Å². The molecule has 1 saturated carbocycles. The molecular weight excluding hydrogens is 461 g/mol. The number of unbranched alkanes of at least 4 members (excludes halogenated alkanes) is 1. The molecule has 1 aliphatic heterocycles. The summed E-state index contributed by atoms with van der Waals surface area (Å²) in [6.45, 7) is 4.33. The van der Waals surface area contributed by atoms with Crippen molar-refractivity contribution >= 4 is 5.91 Å². The number of aryl methyl sites for hydroxylation is 1. The first kappa shape index (κ1) is 26.5. The number of aliphatic hydroxyl groups is 1. The molecule has 1 amide bonds. The average molecular weight is 503 g/mol. The molecule has 9 heteroatoms. The Morgan fingerprint density at radius 3 is 2.81 bits per heavy atom. The molecule has 0 bridgehead atoms. The Hall–Kier alpha value is -2.52. The van der Waals surface area contributed by atoms with Crippen LogP contribution in [0.15, 0.2) is 24.4 Å². The number of aliphatic hydroxyl groups excluding tert-OH is 1. The fourth-order valence-corrected chi connectivity index (χ4v) is 5.18. The van der Waals surface area contributed by atoms with Gasteiger partial charge in [-0.05, 0) is 62.1 Å². The normalized spacial score (nSPS) is 21.3. The highest BCUT2D eigenvalue weighted by Crippen LogP contribution is 2.32. The summed E-state index contributed by atoms with van der Waals surface area (Å²) in [6, 6.07) is 5.22. The maximum absolute atomic E-state index is 14.3. The number of halogens is 1. The van der Waals surface area contributed by atoms with Gasteiger partial charge in [0, 0.05) is 25.3 Å². The largest absolute Gasteiger partial charge is 0.490 e. The van der Waals surface area contributed by atoms with Crippen molar-refractivity contribution in [2.45, 2.75) is 83.0 Å². The van der Waals surface area contributed by atoms with Crippen molar-refractivity contribution < 1.29 is 23.5 Å². The van der Waals surface area contributed by atoms with Crippen LogP contribution in [0.1, 0.15) is 69.0 Å². The van der Waals surface area contributed by atoms with Crippen LogP contribution in [-0.4, -0.2) is 70.0 Å². The molecule has 36 heavy (non-hydrogen) atoms. The molecule has 8 nitrogen and oxygen atoms in total. The number of piperidine rings is 1. The molecule has 1 aromatic carbocycles. The van der Waals surface area contributed by atoms with Crippen molar-refractivity contribution in [3.05, 3.63) is 41.5 Å². The van der Waals surface area contributed by atoms with Gasteiger partial charge in [0.05, 0.1) is 39.1 Å². The highest BCUT2D eigenvalue weighted by molar-refractivity contribution is 5.76. The first-order chi connectivity index (χ1) is 17.3. The minimum Gasteiger partial charge on any atom is -0.490 e. The van der Waals surface area contributed by atoms with Crippen LogP contribution in [0.4, 0.5) is 4.39 Å². The molecule has 4 rings (SSSR count). The molecule has 2 aromatic rings. The van der Waals surface area contributed by atoms with E-state index >= 15 is 0 Å². The van der Waals surface area contributed by atoms with Gasteiger partial charge in [-0.2, -0.15) is 0 Å². The van der Waals surface area contributed by atoms with Crippen LogP contribution in [0.2, 0.25) is 0 Å². The van der Waals surface area contributed by atoms with E-state index in [-0.39, 0.29) is 23.7 Å². The third-order valence-electron chi connectivity index (χ3n) is 7.84. The van der Waals surface area contributed by atoms with E-state index in [1.807, 2.05) is 23.0 Å². The van der Waals surface area contributed by atoms with E-state index in [9.17, 15) is 14.3 Å². The molecule has 3 atom stereocenters. The zero-order valence-electron chi connectivity index (χ0n) is 21.8. The van der Waals surface area contributed by atoms with E-state index in [1.54, 1.807) is 0 Å². The summed E-state index contributed by atoms with van der Waals surface area (Å²) < 4.78 is 22.7. The lowest BCUT2D eigenvalue weighted by Crippen LogP contribution is -2.62. The number of aromatic nitrogens is 3.